The van der Waals surface area contributed by atoms with Crippen LogP contribution in [0.4, 0.5) is 5.13 Å². The second kappa shape index (κ2) is 7.37. The van der Waals surface area contributed by atoms with Gasteiger partial charge in [0.2, 0.25) is 11.0 Å². The zero-order valence-electron chi connectivity index (χ0n) is 14.2. The number of benzene rings is 1. The molecule has 0 spiro atoms. The van der Waals surface area contributed by atoms with Crippen LogP contribution in [0.5, 0.6) is 0 Å². The number of carbonyl (C=O) groups is 1. The standard InChI is InChI=1S/C17H18N4O2S2/c1-9-4-5-10(2)16-15(9)13(22)6-12(18-16)7-24-8-14(23)19-17-21-20-11(3)25-17/h4-6H,7-8H2,1-3H3,(H,18,22)(H,19,21,23). The average Bonchev–Trinajstić information content (AvgIpc) is 2.95. The number of carbonyl (C=O) groups excluding carboxylic acids is 1. The molecule has 25 heavy (non-hydrogen) atoms. The summed E-state index contributed by atoms with van der Waals surface area (Å²) >= 11 is 2.78. The van der Waals surface area contributed by atoms with Crippen molar-refractivity contribution in [3.8, 4) is 0 Å². The van der Waals surface area contributed by atoms with Gasteiger partial charge in [-0.05, 0) is 31.9 Å². The number of aromatic nitrogens is 3. The number of aromatic amines is 1. The minimum Gasteiger partial charge on any atom is -0.357 e. The maximum absolute atomic E-state index is 12.4. The fourth-order valence-electron chi connectivity index (χ4n) is 2.55. The summed E-state index contributed by atoms with van der Waals surface area (Å²) in [5, 5.41) is 12.5. The molecule has 0 bridgehead atoms. The lowest BCUT2D eigenvalue weighted by atomic mass is 10.0. The quantitative estimate of drug-likeness (QED) is 0.716. The molecule has 2 aromatic heterocycles. The largest absolute Gasteiger partial charge is 0.357 e. The summed E-state index contributed by atoms with van der Waals surface area (Å²) in [6.07, 6.45) is 0. The number of fused-ring (bicyclic) bond motifs is 1. The Hall–Kier alpha value is -2.19. The molecule has 2 N–H and O–H groups in total. The number of rotatable bonds is 5. The van der Waals surface area contributed by atoms with Gasteiger partial charge in [-0.3, -0.25) is 14.9 Å². The van der Waals surface area contributed by atoms with E-state index >= 15 is 0 Å². The predicted octanol–water partition coefficient (Wildman–Crippen LogP) is 3.18. The van der Waals surface area contributed by atoms with Gasteiger partial charge in [0, 0.05) is 22.9 Å². The minimum absolute atomic E-state index is 0.0133. The Kier molecular flexibility index (Phi) is 5.19. The van der Waals surface area contributed by atoms with Crippen molar-refractivity contribution in [2.45, 2.75) is 26.5 Å². The van der Waals surface area contributed by atoms with E-state index in [-0.39, 0.29) is 17.1 Å². The Morgan fingerprint density at radius 2 is 2.00 bits per heavy atom. The number of nitrogens with one attached hydrogen (secondary N) is 2. The molecule has 3 rings (SSSR count). The fourth-order valence-corrected chi connectivity index (χ4v) is 3.89. The number of anilines is 1. The number of pyridine rings is 1. The lowest BCUT2D eigenvalue weighted by Crippen LogP contribution is -2.14. The molecule has 0 unspecified atom stereocenters. The Morgan fingerprint density at radius 1 is 1.24 bits per heavy atom. The maximum Gasteiger partial charge on any atom is 0.236 e. The monoisotopic (exact) mass is 374 g/mol. The van der Waals surface area contributed by atoms with E-state index in [0.29, 0.717) is 10.9 Å². The summed E-state index contributed by atoms with van der Waals surface area (Å²) < 4.78 is 0. The molecule has 0 aliphatic rings. The van der Waals surface area contributed by atoms with Gasteiger partial charge in [0.1, 0.15) is 5.01 Å². The Balaban J connectivity index is 1.66. The van der Waals surface area contributed by atoms with Crippen LogP contribution in [-0.2, 0) is 10.5 Å². The van der Waals surface area contributed by atoms with Crippen LogP contribution in [0.25, 0.3) is 10.9 Å². The summed E-state index contributed by atoms with van der Waals surface area (Å²) in [5.41, 5.74) is 3.70. The number of hydrogen-bond acceptors (Lipinski definition) is 6. The zero-order valence-corrected chi connectivity index (χ0v) is 15.8. The van der Waals surface area contributed by atoms with Gasteiger partial charge in [0.05, 0.1) is 11.3 Å². The minimum atomic E-state index is -0.128. The SMILES string of the molecule is Cc1nnc(NC(=O)CSCc2cc(=O)c3c(C)ccc(C)c3[nH]2)s1. The van der Waals surface area contributed by atoms with Crippen molar-refractivity contribution < 1.29 is 4.79 Å². The van der Waals surface area contributed by atoms with Crippen molar-refractivity contribution in [3.05, 3.63) is 50.3 Å². The highest BCUT2D eigenvalue weighted by Crippen LogP contribution is 2.19. The third-order valence-corrected chi connectivity index (χ3v) is 5.46. The number of nitrogens with zero attached hydrogens (tertiary/aromatic N) is 2. The molecule has 3 aromatic rings. The summed E-state index contributed by atoms with van der Waals surface area (Å²) in [6, 6.07) is 5.58. The average molecular weight is 374 g/mol. The molecule has 2 heterocycles. The van der Waals surface area contributed by atoms with E-state index in [1.807, 2.05) is 32.9 Å². The molecule has 1 amide bonds. The normalized spacial score (nSPS) is 11.0. The van der Waals surface area contributed by atoms with E-state index in [1.54, 1.807) is 6.07 Å². The molecule has 0 saturated carbocycles. The molecule has 0 aliphatic heterocycles. The highest BCUT2D eigenvalue weighted by Gasteiger charge is 2.09. The molecule has 0 aliphatic carbocycles. The Morgan fingerprint density at radius 3 is 2.72 bits per heavy atom. The van der Waals surface area contributed by atoms with Crippen LogP contribution in [-0.4, -0.2) is 26.8 Å². The van der Waals surface area contributed by atoms with Gasteiger partial charge in [-0.1, -0.05) is 23.5 Å². The zero-order chi connectivity index (χ0) is 18.0. The van der Waals surface area contributed by atoms with Crippen LogP contribution < -0.4 is 10.7 Å². The molecule has 0 radical (unpaired) electrons. The van der Waals surface area contributed by atoms with E-state index in [1.165, 1.54) is 23.1 Å². The molecule has 0 fully saturated rings. The van der Waals surface area contributed by atoms with E-state index in [2.05, 4.69) is 20.5 Å². The van der Waals surface area contributed by atoms with Crippen LogP contribution in [0, 0.1) is 20.8 Å². The predicted molar refractivity (Wildman–Crippen MR) is 103 cm³/mol. The van der Waals surface area contributed by atoms with Gasteiger partial charge in [-0.15, -0.1) is 22.0 Å². The summed E-state index contributed by atoms with van der Waals surface area (Å²) in [6.45, 7) is 5.75. The highest BCUT2D eigenvalue weighted by molar-refractivity contribution is 7.99. The van der Waals surface area contributed by atoms with E-state index in [9.17, 15) is 9.59 Å². The summed E-state index contributed by atoms with van der Waals surface area (Å²) in [5.74, 6) is 0.711. The third-order valence-electron chi connectivity index (χ3n) is 3.72. The molecule has 0 atom stereocenters. The molecule has 130 valence electrons. The first-order valence-corrected chi connectivity index (χ1v) is 9.71. The summed E-state index contributed by atoms with van der Waals surface area (Å²) in [7, 11) is 0. The van der Waals surface area contributed by atoms with Crippen LogP contribution in [0.2, 0.25) is 0 Å². The van der Waals surface area contributed by atoms with Gasteiger partial charge >= 0.3 is 0 Å². The topological polar surface area (TPSA) is 87.7 Å². The molecular weight excluding hydrogens is 356 g/mol. The van der Waals surface area contributed by atoms with Gasteiger partial charge in [-0.2, -0.15) is 0 Å². The van der Waals surface area contributed by atoms with E-state index < -0.39 is 0 Å². The third kappa shape index (κ3) is 4.08. The van der Waals surface area contributed by atoms with Crippen LogP contribution in [0.1, 0.15) is 21.8 Å². The van der Waals surface area contributed by atoms with Crippen molar-refractivity contribution in [1.82, 2.24) is 15.2 Å². The highest BCUT2D eigenvalue weighted by atomic mass is 32.2. The number of hydrogen-bond donors (Lipinski definition) is 2. The van der Waals surface area contributed by atoms with Gasteiger partial charge < -0.3 is 4.98 Å². The van der Waals surface area contributed by atoms with Crippen molar-refractivity contribution in [3.63, 3.8) is 0 Å². The molecule has 1 aromatic carbocycles. The van der Waals surface area contributed by atoms with E-state index in [0.717, 1.165) is 32.7 Å². The van der Waals surface area contributed by atoms with Gasteiger partial charge in [-0.25, -0.2) is 0 Å². The Labute approximate surface area is 153 Å². The van der Waals surface area contributed by atoms with Crippen LogP contribution >= 0.6 is 23.1 Å². The Bertz CT molecular complexity index is 994. The smallest absolute Gasteiger partial charge is 0.236 e. The number of thioether (sulfide) groups is 1. The number of aryl methyl sites for hydroxylation is 3. The number of H-pyrrole nitrogens is 1. The molecule has 6 nitrogen and oxygen atoms in total. The molecular formula is C17H18N4O2S2. The number of amides is 1. The van der Waals surface area contributed by atoms with Crippen molar-refractivity contribution in [2.24, 2.45) is 0 Å². The van der Waals surface area contributed by atoms with Crippen molar-refractivity contribution >= 4 is 45.0 Å². The lowest BCUT2D eigenvalue weighted by Gasteiger charge is -2.08. The maximum atomic E-state index is 12.4. The van der Waals surface area contributed by atoms with Gasteiger partial charge in [0.15, 0.2) is 5.43 Å². The first-order valence-electron chi connectivity index (χ1n) is 7.74. The van der Waals surface area contributed by atoms with Crippen molar-refractivity contribution in [1.29, 1.82) is 0 Å². The molecule has 8 heteroatoms. The lowest BCUT2D eigenvalue weighted by molar-refractivity contribution is -0.113. The van der Waals surface area contributed by atoms with Gasteiger partial charge in [0.25, 0.3) is 0 Å². The van der Waals surface area contributed by atoms with Crippen molar-refractivity contribution in [2.75, 3.05) is 11.1 Å². The van der Waals surface area contributed by atoms with Crippen LogP contribution in [0.15, 0.2) is 23.0 Å². The molecule has 0 saturated heterocycles. The summed E-state index contributed by atoms with van der Waals surface area (Å²) in [4.78, 5) is 27.6. The first-order chi connectivity index (χ1) is 11.9. The second-order valence-electron chi connectivity index (χ2n) is 5.78. The van der Waals surface area contributed by atoms with E-state index in [4.69, 9.17) is 0 Å². The first kappa shape index (κ1) is 17.6. The van der Waals surface area contributed by atoms with Crippen LogP contribution in [0.3, 0.4) is 0 Å². The second-order valence-corrected chi connectivity index (χ2v) is 7.94. The fraction of sp³-hybridized carbons (Fsp3) is 0.294.